The quantitative estimate of drug-likeness (QED) is 0.474. The average molecular weight is 258 g/mol. The number of nitrogens with zero attached hydrogens (tertiary/aromatic N) is 3. The second-order valence-corrected chi connectivity index (χ2v) is 2.98. The minimum Gasteiger partial charge on any atom is -0.490 e. The fourth-order valence-electron chi connectivity index (χ4n) is 1.30. The van der Waals surface area contributed by atoms with E-state index in [0.29, 0.717) is 6.07 Å². The van der Waals surface area contributed by atoms with Crippen molar-refractivity contribution in [2.75, 3.05) is 12.8 Å². The highest BCUT2D eigenvalue weighted by molar-refractivity contribution is 5.82. The molecule has 1 aromatic carbocycles. The molecule has 2 N–H and O–H groups in total. The summed E-state index contributed by atoms with van der Waals surface area (Å²) in [6.45, 7) is 0. The lowest BCUT2D eigenvalue weighted by Crippen LogP contribution is -2.06. The summed E-state index contributed by atoms with van der Waals surface area (Å²) < 4.78 is 4.54. The fraction of sp³-hybridized carbons (Fsp3) is 0.143. The highest BCUT2D eigenvalue weighted by atomic mass is 16.6. The number of nitro groups is 3. The number of anilines is 1. The molecule has 0 radical (unpaired) electrons. The van der Waals surface area contributed by atoms with Crippen LogP contribution >= 0.6 is 0 Å². The third-order valence-electron chi connectivity index (χ3n) is 2.04. The number of nitrogens with two attached hydrogens (primary N) is 1. The summed E-state index contributed by atoms with van der Waals surface area (Å²) in [5.74, 6) is -0.604. The van der Waals surface area contributed by atoms with Gasteiger partial charge in [-0.3, -0.25) is 30.3 Å². The highest BCUT2D eigenvalue weighted by Gasteiger charge is 2.38. The van der Waals surface area contributed by atoms with Gasteiger partial charge in [0, 0.05) is 0 Å². The van der Waals surface area contributed by atoms with E-state index in [9.17, 15) is 30.3 Å². The summed E-state index contributed by atoms with van der Waals surface area (Å²) in [5.41, 5.74) is 1.30. The summed E-state index contributed by atoms with van der Waals surface area (Å²) in [4.78, 5) is 28.8. The SMILES string of the molecule is COc1cc([N+](=O)[O-])c(N)c([N+](=O)[O-])c1[N+](=O)[O-]. The minimum absolute atomic E-state index is 0.604. The van der Waals surface area contributed by atoms with E-state index >= 15 is 0 Å². The lowest BCUT2D eigenvalue weighted by Gasteiger charge is -2.04. The standard InChI is InChI=1S/C7H6N4O7/c1-18-4-2-3(9(12)13)5(8)7(11(16)17)6(4)10(14)15/h2H,8H2,1H3. The first-order valence-electron chi connectivity index (χ1n) is 4.24. The molecule has 11 heteroatoms. The van der Waals surface area contributed by atoms with Crippen molar-refractivity contribution in [1.82, 2.24) is 0 Å². The summed E-state index contributed by atoms with van der Waals surface area (Å²) in [6, 6.07) is 0.667. The van der Waals surface area contributed by atoms with Gasteiger partial charge in [0.05, 0.1) is 27.9 Å². The average Bonchev–Trinajstić information content (AvgIpc) is 2.26. The molecular weight excluding hydrogens is 252 g/mol. The van der Waals surface area contributed by atoms with Crippen molar-refractivity contribution in [2.24, 2.45) is 0 Å². The van der Waals surface area contributed by atoms with Crippen LogP contribution in [0.4, 0.5) is 22.7 Å². The maximum Gasteiger partial charge on any atom is 0.390 e. The predicted octanol–water partition coefficient (Wildman–Crippen LogP) is 1.00. The van der Waals surface area contributed by atoms with Crippen LogP contribution in [0.25, 0.3) is 0 Å². The summed E-state index contributed by atoms with van der Waals surface area (Å²) in [6.07, 6.45) is 0. The molecule has 1 aromatic rings. The minimum atomic E-state index is -1.16. The number of hydrogen-bond donors (Lipinski definition) is 1. The smallest absolute Gasteiger partial charge is 0.390 e. The molecule has 0 saturated heterocycles. The van der Waals surface area contributed by atoms with Gasteiger partial charge in [0.15, 0.2) is 5.69 Å². The van der Waals surface area contributed by atoms with Crippen LogP contribution in [0.2, 0.25) is 0 Å². The van der Waals surface area contributed by atoms with E-state index in [1.807, 2.05) is 0 Å². The Hall–Kier alpha value is -2.98. The van der Waals surface area contributed by atoms with Gasteiger partial charge in [-0.15, -0.1) is 0 Å². The van der Waals surface area contributed by atoms with Gasteiger partial charge in [-0.05, 0) is 0 Å². The fourth-order valence-corrected chi connectivity index (χ4v) is 1.30. The Labute approximate surface area is 98.2 Å². The van der Waals surface area contributed by atoms with E-state index in [4.69, 9.17) is 5.73 Å². The van der Waals surface area contributed by atoms with E-state index in [1.54, 1.807) is 0 Å². The summed E-state index contributed by atoms with van der Waals surface area (Å²) in [7, 11) is 0.992. The molecule has 0 spiro atoms. The number of ether oxygens (including phenoxy) is 1. The van der Waals surface area contributed by atoms with Crippen LogP contribution in [-0.4, -0.2) is 21.9 Å². The van der Waals surface area contributed by atoms with Crippen molar-refractivity contribution in [3.8, 4) is 5.75 Å². The van der Waals surface area contributed by atoms with Gasteiger partial charge in [0.1, 0.15) is 0 Å². The Morgan fingerprint density at radius 2 is 1.56 bits per heavy atom. The monoisotopic (exact) mass is 258 g/mol. The van der Waals surface area contributed by atoms with Crippen molar-refractivity contribution >= 4 is 22.7 Å². The second-order valence-electron chi connectivity index (χ2n) is 2.98. The Kier molecular flexibility index (Phi) is 3.26. The van der Waals surface area contributed by atoms with Crippen LogP contribution in [0.5, 0.6) is 5.75 Å². The topological polar surface area (TPSA) is 165 Å². The lowest BCUT2D eigenvalue weighted by molar-refractivity contribution is -0.424. The van der Waals surface area contributed by atoms with Gasteiger partial charge in [0.2, 0.25) is 5.75 Å². The van der Waals surface area contributed by atoms with Crippen LogP contribution in [0, 0.1) is 30.3 Å². The van der Waals surface area contributed by atoms with Crippen LogP contribution in [0.1, 0.15) is 0 Å². The molecule has 0 aliphatic carbocycles. The lowest BCUT2D eigenvalue weighted by atomic mass is 10.2. The maximum absolute atomic E-state index is 10.7. The zero-order valence-corrected chi connectivity index (χ0v) is 8.85. The second kappa shape index (κ2) is 4.48. The zero-order chi connectivity index (χ0) is 14.0. The Morgan fingerprint density at radius 3 is 1.89 bits per heavy atom. The first-order valence-corrected chi connectivity index (χ1v) is 4.24. The van der Waals surface area contributed by atoms with Crippen molar-refractivity contribution < 1.29 is 19.5 Å². The van der Waals surface area contributed by atoms with Gasteiger partial charge in [0.25, 0.3) is 0 Å². The zero-order valence-electron chi connectivity index (χ0n) is 8.85. The van der Waals surface area contributed by atoms with Crippen LogP contribution < -0.4 is 10.5 Å². The molecule has 0 amide bonds. The van der Waals surface area contributed by atoms with Crippen LogP contribution in [0.3, 0.4) is 0 Å². The molecule has 0 saturated carbocycles. The van der Waals surface area contributed by atoms with Crippen molar-refractivity contribution in [3.63, 3.8) is 0 Å². The van der Waals surface area contributed by atoms with E-state index in [0.717, 1.165) is 7.11 Å². The molecule has 0 unspecified atom stereocenters. The molecule has 0 bridgehead atoms. The maximum atomic E-state index is 10.7. The molecular formula is C7H6N4O7. The molecule has 0 heterocycles. The van der Waals surface area contributed by atoms with E-state index < -0.39 is 43.3 Å². The number of benzene rings is 1. The summed E-state index contributed by atoms with van der Waals surface area (Å²) in [5, 5.41) is 32.1. The Balaban J connectivity index is 3.82. The van der Waals surface area contributed by atoms with Crippen LogP contribution in [-0.2, 0) is 0 Å². The number of methoxy groups -OCH3 is 1. The Bertz CT molecular complexity index is 555. The first kappa shape index (κ1) is 13.1. The molecule has 0 aliphatic heterocycles. The Morgan fingerprint density at radius 1 is 1.06 bits per heavy atom. The normalized spacial score (nSPS) is 9.83. The van der Waals surface area contributed by atoms with Gasteiger partial charge in [-0.2, -0.15) is 0 Å². The van der Waals surface area contributed by atoms with Gasteiger partial charge in [-0.25, -0.2) is 0 Å². The molecule has 1 rings (SSSR count). The molecule has 0 aliphatic rings. The van der Waals surface area contributed by atoms with Gasteiger partial charge in [-0.1, -0.05) is 0 Å². The molecule has 18 heavy (non-hydrogen) atoms. The highest BCUT2D eigenvalue weighted by Crippen LogP contribution is 2.45. The largest absolute Gasteiger partial charge is 0.490 e. The first-order chi connectivity index (χ1) is 8.31. The van der Waals surface area contributed by atoms with Crippen molar-refractivity contribution in [2.45, 2.75) is 0 Å². The molecule has 96 valence electrons. The predicted molar refractivity (Wildman–Crippen MR) is 57.4 cm³/mol. The molecule has 11 nitrogen and oxygen atoms in total. The number of hydrogen-bond acceptors (Lipinski definition) is 8. The molecule has 0 aromatic heterocycles. The molecule has 0 fully saturated rings. The summed E-state index contributed by atoms with van der Waals surface area (Å²) >= 11 is 0. The van der Waals surface area contributed by atoms with E-state index in [-0.39, 0.29) is 0 Å². The van der Waals surface area contributed by atoms with Gasteiger partial charge < -0.3 is 10.5 Å². The van der Waals surface area contributed by atoms with Gasteiger partial charge >= 0.3 is 17.1 Å². The van der Waals surface area contributed by atoms with Crippen molar-refractivity contribution in [1.29, 1.82) is 0 Å². The third-order valence-corrected chi connectivity index (χ3v) is 2.04. The van der Waals surface area contributed by atoms with Crippen LogP contribution in [0.15, 0.2) is 6.07 Å². The molecule has 0 atom stereocenters. The third kappa shape index (κ3) is 1.95. The van der Waals surface area contributed by atoms with Crippen molar-refractivity contribution in [3.05, 3.63) is 36.4 Å². The number of nitrogen functional groups attached to an aromatic ring is 1. The number of nitro benzene ring substituents is 3. The van der Waals surface area contributed by atoms with E-state index in [1.165, 1.54) is 0 Å². The number of rotatable bonds is 4. The van der Waals surface area contributed by atoms with E-state index in [2.05, 4.69) is 4.74 Å².